The van der Waals surface area contributed by atoms with E-state index in [1.807, 2.05) is 30.3 Å². The van der Waals surface area contributed by atoms with Crippen molar-refractivity contribution in [1.82, 2.24) is 4.90 Å². The SMILES string of the molecule is O=C1CCc2cc(C(O)CN3CCC(CCc4ccc(F)cc4)CC3)ccc2N1. The molecule has 2 N–H and O–H groups in total. The van der Waals surface area contributed by atoms with E-state index in [1.54, 1.807) is 0 Å². The molecule has 2 aromatic carbocycles. The fraction of sp³-hybridized carbons (Fsp3) is 0.458. The van der Waals surface area contributed by atoms with Gasteiger partial charge >= 0.3 is 0 Å². The molecular weight excluding hydrogens is 367 g/mol. The molecule has 154 valence electrons. The minimum atomic E-state index is -0.506. The van der Waals surface area contributed by atoms with Gasteiger partial charge < -0.3 is 15.3 Å². The standard InChI is InChI=1S/C24H29FN2O2/c25-21-7-3-17(4-8-21)1-2-18-11-13-27(14-12-18)16-23(28)20-5-9-22-19(15-20)6-10-24(29)26-22/h3-5,7-9,15,18,23,28H,1-2,6,10-14,16H2,(H,26,29). The van der Waals surface area contributed by atoms with Gasteiger partial charge in [0.25, 0.3) is 0 Å². The van der Waals surface area contributed by atoms with Crippen molar-refractivity contribution in [2.45, 2.75) is 44.6 Å². The van der Waals surface area contributed by atoms with E-state index in [9.17, 15) is 14.3 Å². The number of fused-ring (bicyclic) bond motifs is 1. The van der Waals surface area contributed by atoms with Gasteiger partial charge in [-0.05, 0) is 86.0 Å². The van der Waals surface area contributed by atoms with Crippen LogP contribution in [0.25, 0.3) is 0 Å². The van der Waals surface area contributed by atoms with Crippen LogP contribution in [0.3, 0.4) is 0 Å². The zero-order chi connectivity index (χ0) is 20.2. The third kappa shape index (κ3) is 5.22. The molecule has 0 radical (unpaired) electrons. The van der Waals surface area contributed by atoms with Crippen molar-refractivity contribution in [2.24, 2.45) is 5.92 Å². The van der Waals surface area contributed by atoms with Crippen molar-refractivity contribution in [3.63, 3.8) is 0 Å². The molecule has 2 heterocycles. The number of carbonyl (C=O) groups is 1. The minimum absolute atomic E-state index is 0.0631. The van der Waals surface area contributed by atoms with Crippen molar-refractivity contribution in [3.8, 4) is 0 Å². The number of benzene rings is 2. The van der Waals surface area contributed by atoms with Gasteiger partial charge in [0.1, 0.15) is 5.82 Å². The summed E-state index contributed by atoms with van der Waals surface area (Å²) < 4.78 is 13.0. The highest BCUT2D eigenvalue weighted by molar-refractivity contribution is 5.93. The Kier molecular flexibility index (Phi) is 6.26. The van der Waals surface area contributed by atoms with Crippen LogP contribution < -0.4 is 5.32 Å². The smallest absolute Gasteiger partial charge is 0.224 e. The van der Waals surface area contributed by atoms with Gasteiger partial charge in [0, 0.05) is 18.7 Å². The number of piperidine rings is 1. The molecule has 2 aromatic rings. The van der Waals surface area contributed by atoms with Crippen molar-refractivity contribution in [2.75, 3.05) is 25.0 Å². The molecule has 4 nitrogen and oxygen atoms in total. The van der Waals surface area contributed by atoms with Gasteiger partial charge in [-0.15, -0.1) is 0 Å². The number of aliphatic hydroxyl groups is 1. The topological polar surface area (TPSA) is 52.6 Å². The number of hydrogen-bond acceptors (Lipinski definition) is 3. The zero-order valence-corrected chi connectivity index (χ0v) is 16.7. The highest BCUT2D eigenvalue weighted by atomic mass is 19.1. The van der Waals surface area contributed by atoms with Crippen LogP contribution in [0.15, 0.2) is 42.5 Å². The molecule has 1 unspecified atom stereocenters. The summed E-state index contributed by atoms with van der Waals surface area (Å²) in [6, 6.07) is 12.7. The normalized spacial score (nSPS) is 18.9. The minimum Gasteiger partial charge on any atom is -0.387 e. The highest BCUT2D eigenvalue weighted by Gasteiger charge is 2.22. The first-order valence-electron chi connectivity index (χ1n) is 10.6. The Labute approximate surface area is 171 Å². The van der Waals surface area contributed by atoms with Crippen molar-refractivity contribution in [1.29, 1.82) is 0 Å². The Morgan fingerprint density at radius 1 is 1.10 bits per heavy atom. The molecule has 4 rings (SSSR count). The monoisotopic (exact) mass is 396 g/mol. The number of nitrogens with one attached hydrogen (secondary N) is 1. The molecule has 0 spiro atoms. The summed E-state index contributed by atoms with van der Waals surface area (Å²) in [4.78, 5) is 13.8. The van der Waals surface area contributed by atoms with Crippen LogP contribution in [0.2, 0.25) is 0 Å². The summed E-state index contributed by atoms with van der Waals surface area (Å²) in [5, 5.41) is 13.6. The Morgan fingerprint density at radius 3 is 2.62 bits per heavy atom. The Balaban J connectivity index is 1.24. The van der Waals surface area contributed by atoms with Gasteiger partial charge in [-0.1, -0.05) is 24.3 Å². The van der Waals surface area contributed by atoms with Gasteiger partial charge in [0.15, 0.2) is 0 Å². The van der Waals surface area contributed by atoms with Gasteiger partial charge in [-0.3, -0.25) is 4.79 Å². The maximum atomic E-state index is 13.0. The second-order valence-corrected chi connectivity index (χ2v) is 8.39. The van der Waals surface area contributed by atoms with Crippen LogP contribution in [0.5, 0.6) is 0 Å². The fourth-order valence-electron chi connectivity index (χ4n) is 4.44. The number of anilines is 1. The third-order valence-corrected chi connectivity index (χ3v) is 6.30. The molecule has 0 saturated carbocycles. The predicted molar refractivity (Wildman–Crippen MR) is 112 cm³/mol. The molecule has 1 fully saturated rings. The lowest BCUT2D eigenvalue weighted by molar-refractivity contribution is -0.116. The van der Waals surface area contributed by atoms with E-state index in [0.29, 0.717) is 18.9 Å². The van der Waals surface area contributed by atoms with Crippen molar-refractivity contribution >= 4 is 11.6 Å². The van der Waals surface area contributed by atoms with Crippen LogP contribution in [0, 0.1) is 11.7 Å². The number of aryl methyl sites for hydroxylation is 2. The molecule has 5 heteroatoms. The van der Waals surface area contributed by atoms with Crippen molar-refractivity contribution < 1.29 is 14.3 Å². The van der Waals surface area contributed by atoms with Crippen LogP contribution in [-0.2, 0) is 17.6 Å². The summed E-state index contributed by atoms with van der Waals surface area (Å²) in [7, 11) is 0. The largest absolute Gasteiger partial charge is 0.387 e. The number of carbonyl (C=O) groups excluding carboxylic acids is 1. The lowest BCUT2D eigenvalue weighted by atomic mass is 9.90. The molecule has 0 aliphatic carbocycles. The van der Waals surface area contributed by atoms with E-state index in [-0.39, 0.29) is 11.7 Å². The third-order valence-electron chi connectivity index (χ3n) is 6.30. The molecule has 29 heavy (non-hydrogen) atoms. The van der Waals surface area contributed by atoms with E-state index < -0.39 is 6.10 Å². The first-order chi connectivity index (χ1) is 14.1. The van der Waals surface area contributed by atoms with Crippen LogP contribution in [0.4, 0.5) is 10.1 Å². The first kappa shape index (κ1) is 20.0. The summed E-state index contributed by atoms with van der Waals surface area (Å²) in [5.41, 5.74) is 4.12. The summed E-state index contributed by atoms with van der Waals surface area (Å²) in [6.45, 7) is 2.66. The van der Waals surface area contributed by atoms with Crippen LogP contribution in [-0.4, -0.2) is 35.5 Å². The number of likely N-dealkylation sites (tertiary alicyclic amines) is 1. The number of amides is 1. The average Bonchev–Trinajstić information content (AvgIpc) is 2.74. The van der Waals surface area contributed by atoms with E-state index in [2.05, 4.69) is 10.2 Å². The van der Waals surface area contributed by atoms with Crippen molar-refractivity contribution in [3.05, 3.63) is 65.0 Å². The second-order valence-electron chi connectivity index (χ2n) is 8.39. The number of rotatable bonds is 6. The van der Waals surface area contributed by atoms with Crippen LogP contribution >= 0.6 is 0 Å². The molecule has 2 aliphatic heterocycles. The fourth-order valence-corrected chi connectivity index (χ4v) is 4.44. The number of halogens is 1. The molecule has 0 bridgehead atoms. The Bertz CT molecular complexity index is 844. The number of aliphatic hydroxyl groups excluding tert-OH is 1. The zero-order valence-electron chi connectivity index (χ0n) is 16.7. The molecule has 2 aliphatic rings. The number of hydrogen-bond donors (Lipinski definition) is 2. The maximum Gasteiger partial charge on any atom is 0.224 e. The summed E-state index contributed by atoms with van der Waals surface area (Å²) in [6.07, 6.45) is 5.17. The Hall–Kier alpha value is -2.24. The molecule has 0 aromatic heterocycles. The van der Waals surface area contributed by atoms with Gasteiger partial charge in [0.2, 0.25) is 5.91 Å². The number of nitrogens with zero attached hydrogens (tertiary/aromatic N) is 1. The summed E-state index contributed by atoms with van der Waals surface area (Å²) >= 11 is 0. The van der Waals surface area contributed by atoms with Gasteiger partial charge in [0.05, 0.1) is 6.10 Å². The van der Waals surface area contributed by atoms with E-state index in [0.717, 1.165) is 62.0 Å². The Morgan fingerprint density at radius 2 is 1.86 bits per heavy atom. The highest BCUT2D eigenvalue weighted by Crippen LogP contribution is 2.28. The lowest BCUT2D eigenvalue weighted by Gasteiger charge is -2.33. The first-order valence-corrected chi connectivity index (χ1v) is 10.6. The van der Waals surface area contributed by atoms with Crippen LogP contribution in [0.1, 0.15) is 48.5 Å². The molecule has 1 amide bonds. The van der Waals surface area contributed by atoms with E-state index in [1.165, 1.54) is 17.7 Å². The van der Waals surface area contributed by atoms with E-state index >= 15 is 0 Å². The second kappa shape index (κ2) is 9.06. The predicted octanol–water partition coefficient (Wildman–Crippen LogP) is 4.09. The molecule has 1 atom stereocenters. The number of β-amino-alcohol motifs (C(OH)–C–C–N with tert-alkyl or cyclic N) is 1. The quantitative estimate of drug-likeness (QED) is 0.773. The maximum absolute atomic E-state index is 13.0. The summed E-state index contributed by atoms with van der Waals surface area (Å²) in [5.74, 6) is 0.582. The van der Waals surface area contributed by atoms with Gasteiger partial charge in [-0.2, -0.15) is 0 Å². The molecular formula is C24H29FN2O2. The average molecular weight is 397 g/mol. The molecule has 1 saturated heterocycles. The lowest BCUT2D eigenvalue weighted by Crippen LogP contribution is -2.36. The van der Waals surface area contributed by atoms with E-state index in [4.69, 9.17) is 0 Å². The van der Waals surface area contributed by atoms with Gasteiger partial charge in [-0.25, -0.2) is 4.39 Å².